The minimum absolute atomic E-state index is 0.00638. The van der Waals surface area contributed by atoms with E-state index in [0.717, 1.165) is 25.8 Å². The first-order chi connectivity index (χ1) is 15.4. The fourth-order valence-corrected chi connectivity index (χ4v) is 8.23. The van der Waals surface area contributed by atoms with Crippen molar-refractivity contribution < 1.29 is 19.2 Å². The third-order valence-electron chi connectivity index (χ3n) is 9.20. The third-order valence-corrected chi connectivity index (χ3v) is 10.1. The number of hydrogen-bond donors (Lipinski definition) is 0. The Morgan fingerprint density at radius 3 is 2.69 bits per heavy atom. The van der Waals surface area contributed by atoms with Crippen LogP contribution in [0.15, 0.2) is 12.1 Å². The van der Waals surface area contributed by atoms with Crippen LogP contribution in [0.2, 0.25) is 0 Å². The average molecular weight is 463 g/mol. The van der Waals surface area contributed by atoms with E-state index >= 15 is 0 Å². The van der Waals surface area contributed by atoms with Crippen molar-refractivity contribution in [2.45, 2.75) is 76.8 Å². The van der Waals surface area contributed by atoms with Crippen molar-refractivity contribution in [3.63, 3.8) is 0 Å². The van der Waals surface area contributed by atoms with Crippen molar-refractivity contribution in [1.82, 2.24) is 9.47 Å². The van der Waals surface area contributed by atoms with Gasteiger partial charge in [0.05, 0.1) is 0 Å². The molecule has 6 nitrogen and oxygen atoms in total. The first kappa shape index (κ1) is 21.9. The van der Waals surface area contributed by atoms with E-state index in [1.165, 1.54) is 42.4 Å². The lowest BCUT2D eigenvalue weighted by Gasteiger charge is -2.60. The Bertz CT molecular complexity index is 857. The highest BCUT2D eigenvalue weighted by atomic mass is 32.2. The van der Waals surface area contributed by atoms with Crippen LogP contribution in [0.5, 0.6) is 0 Å². The highest BCUT2D eigenvalue weighted by molar-refractivity contribution is 7.99. The number of aromatic nitrogens is 1. The minimum atomic E-state index is -0.714. The Balaban J connectivity index is 1.31. The molecule has 32 heavy (non-hydrogen) atoms. The summed E-state index contributed by atoms with van der Waals surface area (Å²) in [4.78, 5) is 14.9. The molecule has 0 amide bonds. The number of ether oxygens (including phenoxy) is 2. The van der Waals surface area contributed by atoms with Gasteiger partial charge in [0, 0.05) is 61.9 Å². The molecule has 8 atom stereocenters. The summed E-state index contributed by atoms with van der Waals surface area (Å²) in [5.74, 6) is 3.48. The van der Waals surface area contributed by atoms with Gasteiger partial charge in [-0.25, -0.2) is 9.78 Å². The van der Waals surface area contributed by atoms with Crippen LogP contribution in [0.25, 0.3) is 0 Å². The van der Waals surface area contributed by atoms with Crippen LogP contribution in [0.1, 0.15) is 63.9 Å². The van der Waals surface area contributed by atoms with E-state index in [2.05, 4.69) is 54.3 Å². The van der Waals surface area contributed by atoms with Crippen LogP contribution in [-0.4, -0.2) is 51.7 Å². The molecular weight excluding hydrogens is 424 g/mol. The predicted octanol–water partition coefficient (Wildman–Crippen LogP) is 4.50. The Morgan fingerprint density at radius 1 is 1.06 bits per heavy atom. The molecule has 1 aromatic rings. The van der Waals surface area contributed by atoms with Crippen LogP contribution < -0.4 is 0 Å². The molecule has 0 N–H and O–H groups in total. The van der Waals surface area contributed by atoms with Gasteiger partial charge in [-0.1, -0.05) is 13.8 Å². The van der Waals surface area contributed by atoms with Gasteiger partial charge in [0.2, 0.25) is 5.79 Å². The first-order valence-electron chi connectivity index (χ1n) is 12.6. The summed E-state index contributed by atoms with van der Waals surface area (Å²) in [6.07, 6.45) is 3.95. The van der Waals surface area contributed by atoms with E-state index in [1.807, 2.05) is 6.92 Å². The molecule has 5 saturated heterocycles. The molecule has 1 aliphatic carbocycles. The maximum Gasteiger partial charge on any atom is 0.201 e. The summed E-state index contributed by atoms with van der Waals surface area (Å²) in [5, 5.41) is 0. The lowest BCUT2D eigenvalue weighted by atomic mass is 9.57. The summed E-state index contributed by atoms with van der Waals surface area (Å²) in [6.45, 7) is 10.1. The van der Waals surface area contributed by atoms with Crippen LogP contribution in [0, 0.1) is 23.7 Å². The van der Waals surface area contributed by atoms with E-state index in [9.17, 15) is 0 Å². The molecule has 0 aromatic carbocycles. The third kappa shape index (κ3) is 3.26. The molecule has 178 valence electrons. The smallest absolute Gasteiger partial charge is 0.201 e. The molecule has 1 aromatic heterocycles. The maximum absolute atomic E-state index is 6.86. The Morgan fingerprint density at radius 2 is 1.88 bits per heavy atom. The average Bonchev–Trinajstić information content (AvgIpc) is 2.98. The molecule has 7 rings (SSSR count). The molecular formula is C25H38N2O4S. The topological polar surface area (TPSA) is 45.1 Å². The van der Waals surface area contributed by atoms with E-state index in [0.29, 0.717) is 23.7 Å². The quantitative estimate of drug-likeness (QED) is 0.617. The molecule has 6 heterocycles. The molecule has 0 unspecified atom stereocenters. The van der Waals surface area contributed by atoms with Gasteiger partial charge in [-0.15, -0.1) is 0 Å². The van der Waals surface area contributed by atoms with Crippen molar-refractivity contribution in [3.8, 4) is 0 Å². The van der Waals surface area contributed by atoms with Crippen molar-refractivity contribution in [1.29, 1.82) is 0 Å². The Kier molecular flexibility index (Phi) is 5.48. The van der Waals surface area contributed by atoms with Gasteiger partial charge in [0.1, 0.15) is 6.10 Å². The SMILES string of the molecule is C[C@H]1[C@H](c2ccc(CN3CCSCC3)n2C)O[C@@H]2O[C@@]3(C)CC[C@H]4[C@H](C)CC[C@@H]1[C@@]24OO3. The number of fused-ring (bicyclic) bond motifs is 2. The maximum atomic E-state index is 6.86. The summed E-state index contributed by atoms with van der Waals surface area (Å²) in [7, 11) is 2.20. The molecule has 6 fully saturated rings. The van der Waals surface area contributed by atoms with Crippen molar-refractivity contribution in [2.75, 3.05) is 24.6 Å². The van der Waals surface area contributed by atoms with Gasteiger partial charge < -0.3 is 14.0 Å². The van der Waals surface area contributed by atoms with E-state index in [4.69, 9.17) is 19.2 Å². The normalized spacial score (nSPS) is 46.6. The minimum Gasteiger partial charge on any atom is -0.348 e. The molecule has 0 radical (unpaired) electrons. The second-order valence-electron chi connectivity index (χ2n) is 11.0. The Hall–Kier alpha value is -0.570. The van der Waals surface area contributed by atoms with Crippen LogP contribution in [0.3, 0.4) is 0 Å². The number of rotatable bonds is 3. The van der Waals surface area contributed by atoms with Crippen LogP contribution in [-0.2, 0) is 32.8 Å². The second-order valence-corrected chi connectivity index (χ2v) is 12.2. The van der Waals surface area contributed by atoms with E-state index < -0.39 is 11.4 Å². The summed E-state index contributed by atoms with van der Waals surface area (Å²) in [5.41, 5.74) is 2.15. The van der Waals surface area contributed by atoms with Crippen molar-refractivity contribution in [3.05, 3.63) is 23.5 Å². The van der Waals surface area contributed by atoms with E-state index in [1.54, 1.807) is 0 Å². The van der Waals surface area contributed by atoms with Gasteiger partial charge in [-0.05, 0) is 56.1 Å². The molecule has 2 bridgehead atoms. The molecule has 1 saturated carbocycles. The fourth-order valence-electron chi connectivity index (χ4n) is 7.25. The zero-order valence-corrected chi connectivity index (χ0v) is 20.7. The Labute approximate surface area is 196 Å². The molecule has 5 aliphatic heterocycles. The van der Waals surface area contributed by atoms with Gasteiger partial charge in [-0.2, -0.15) is 11.8 Å². The van der Waals surface area contributed by atoms with Crippen LogP contribution in [0.4, 0.5) is 0 Å². The summed E-state index contributed by atoms with van der Waals surface area (Å²) < 4.78 is 15.8. The van der Waals surface area contributed by atoms with Crippen molar-refractivity contribution in [2.24, 2.45) is 30.7 Å². The lowest BCUT2D eigenvalue weighted by molar-refractivity contribution is -0.571. The largest absolute Gasteiger partial charge is 0.348 e. The predicted molar refractivity (Wildman–Crippen MR) is 124 cm³/mol. The van der Waals surface area contributed by atoms with Gasteiger partial charge in [-0.3, -0.25) is 4.90 Å². The first-order valence-corrected chi connectivity index (χ1v) is 13.7. The molecule has 1 spiro atoms. The highest BCUT2D eigenvalue weighted by Gasteiger charge is 2.69. The van der Waals surface area contributed by atoms with Gasteiger partial charge in [0.15, 0.2) is 11.9 Å². The highest BCUT2D eigenvalue weighted by Crippen LogP contribution is 2.62. The zero-order valence-electron chi connectivity index (χ0n) is 19.9. The van der Waals surface area contributed by atoms with Crippen molar-refractivity contribution >= 4 is 11.8 Å². The zero-order chi connectivity index (χ0) is 22.1. The summed E-state index contributed by atoms with van der Waals surface area (Å²) >= 11 is 2.06. The summed E-state index contributed by atoms with van der Waals surface area (Å²) in [6, 6.07) is 4.58. The van der Waals surface area contributed by atoms with Gasteiger partial charge >= 0.3 is 0 Å². The number of hydrogen-bond acceptors (Lipinski definition) is 6. The fraction of sp³-hybridized carbons (Fsp3) is 0.840. The number of thioether (sulfide) groups is 1. The van der Waals surface area contributed by atoms with Crippen LogP contribution >= 0.6 is 11.8 Å². The second kappa shape index (κ2) is 7.99. The lowest BCUT2D eigenvalue weighted by Crippen LogP contribution is -2.69. The van der Waals surface area contributed by atoms with Gasteiger partial charge in [0.25, 0.3) is 0 Å². The molecule has 7 heteroatoms. The monoisotopic (exact) mass is 462 g/mol. The van der Waals surface area contributed by atoms with E-state index in [-0.39, 0.29) is 12.4 Å². The number of nitrogens with zero attached hydrogens (tertiary/aromatic N) is 2. The molecule has 6 aliphatic rings. The standard InChI is InChI=1S/C25H38N2O4S/c1-16-5-7-20-17(2)22(21-8-6-18(26(21)4)15-27-11-13-32-14-12-27)28-23-25(20)19(16)9-10-24(3,29-23)30-31-25/h6,8,16-17,19-20,22-23H,5,7,9-15H2,1-4H3/t16-,17-,19+,20+,22-,23-,24-,25-/m1/s1.